The summed E-state index contributed by atoms with van der Waals surface area (Å²) >= 11 is 0. The van der Waals surface area contributed by atoms with E-state index < -0.39 is 0 Å². The Morgan fingerprint density at radius 1 is 1.19 bits per heavy atom. The number of aliphatic imine (C=N–C) groups is 1. The first kappa shape index (κ1) is 14.6. The molecule has 0 saturated heterocycles. The number of allylic oxidation sites excluding steroid dienone is 5. The summed E-state index contributed by atoms with van der Waals surface area (Å²) in [5.41, 5.74) is 3.17. The highest BCUT2D eigenvalue weighted by Gasteiger charge is 2.04. The zero-order valence-corrected chi connectivity index (χ0v) is 11.2. The minimum absolute atomic E-state index is 0.172. The van der Waals surface area contributed by atoms with E-state index in [2.05, 4.69) is 64.9 Å². The number of hydrogen-bond acceptors (Lipinski definition) is 1. The monoisotopic (exact) mass is 217 g/mol. The van der Waals surface area contributed by atoms with Crippen LogP contribution in [0.4, 0.5) is 0 Å². The van der Waals surface area contributed by atoms with Crippen molar-refractivity contribution >= 4 is 6.21 Å². The number of nitrogens with zero attached hydrogens (tertiary/aromatic N) is 1. The number of rotatable bonds is 4. The smallest absolute Gasteiger partial charge is 0.0613 e. The predicted molar refractivity (Wildman–Crippen MR) is 74.8 cm³/mol. The van der Waals surface area contributed by atoms with E-state index >= 15 is 0 Å². The van der Waals surface area contributed by atoms with Gasteiger partial charge in [0, 0.05) is 6.21 Å². The molecule has 0 unspecified atom stereocenters. The van der Waals surface area contributed by atoms with Gasteiger partial charge in [-0.25, -0.2) is 0 Å². The van der Waals surface area contributed by atoms with E-state index in [1.54, 1.807) is 12.3 Å². The third-order valence-electron chi connectivity index (χ3n) is 1.89. The Morgan fingerprint density at radius 2 is 1.75 bits per heavy atom. The molecule has 0 aromatic heterocycles. The highest BCUT2D eigenvalue weighted by molar-refractivity contribution is 5.82. The Hall–Kier alpha value is -1.37. The van der Waals surface area contributed by atoms with Gasteiger partial charge in [0.15, 0.2) is 0 Å². The molecule has 0 aliphatic carbocycles. The zero-order chi connectivity index (χ0) is 12.8. The van der Waals surface area contributed by atoms with Crippen molar-refractivity contribution in [3.63, 3.8) is 0 Å². The molecule has 0 bridgehead atoms. The first-order chi connectivity index (χ1) is 7.26. The Kier molecular flexibility index (Phi) is 5.73. The Bertz CT molecular complexity index is 342. The summed E-state index contributed by atoms with van der Waals surface area (Å²) < 4.78 is 0. The molecule has 16 heavy (non-hydrogen) atoms. The van der Waals surface area contributed by atoms with Crippen molar-refractivity contribution in [3.8, 4) is 0 Å². The zero-order valence-electron chi connectivity index (χ0n) is 11.2. The van der Waals surface area contributed by atoms with E-state index in [1.807, 2.05) is 0 Å². The molecule has 0 amide bonds. The van der Waals surface area contributed by atoms with Crippen LogP contribution in [-0.4, -0.2) is 6.21 Å². The van der Waals surface area contributed by atoms with Crippen LogP contribution in [0, 0.1) is 5.41 Å². The van der Waals surface area contributed by atoms with Gasteiger partial charge in [-0.3, -0.25) is 4.99 Å². The molecule has 0 aliphatic heterocycles. The maximum atomic E-state index is 4.39. The molecule has 0 spiro atoms. The highest BCUT2D eigenvalue weighted by atomic mass is 14.7. The predicted octanol–water partition coefficient (Wildman–Crippen LogP) is 4.70. The molecule has 0 rings (SSSR count). The van der Waals surface area contributed by atoms with E-state index in [-0.39, 0.29) is 5.41 Å². The van der Waals surface area contributed by atoms with Crippen LogP contribution in [0.2, 0.25) is 0 Å². The van der Waals surface area contributed by atoms with Crippen LogP contribution in [0.5, 0.6) is 0 Å². The van der Waals surface area contributed by atoms with Crippen LogP contribution in [0.1, 0.15) is 34.6 Å². The number of hydrogen-bond donors (Lipinski definition) is 0. The summed E-state index contributed by atoms with van der Waals surface area (Å²) in [4.78, 5) is 4.39. The van der Waals surface area contributed by atoms with Gasteiger partial charge in [0.25, 0.3) is 0 Å². The molecule has 1 nitrogen and oxygen atoms in total. The highest BCUT2D eigenvalue weighted by Crippen LogP contribution is 2.17. The molecule has 88 valence electrons. The van der Waals surface area contributed by atoms with Crippen molar-refractivity contribution < 1.29 is 0 Å². The molecule has 0 radical (unpaired) electrons. The molecular formula is C15H23N. The van der Waals surface area contributed by atoms with Crippen molar-refractivity contribution in [3.05, 3.63) is 48.2 Å². The lowest BCUT2D eigenvalue weighted by Crippen LogP contribution is -1.98. The fourth-order valence-electron chi connectivity index (χ4n) is 0.873. The second kappa shape index (κ2) is 6.26. The van der Waals surface area contributed by atoms with Gasteiger partial charge in [-0.15, -0.1) is 0 Å². The van der Waals surface area contributed by atoms with Crippen LogP contribution >= 0.6 is 0 Å². The Morgan fingerprint density at radius 3 is 2.12 bits per heavy atom. The quantitative estimate of drug-likeness (QED) is 0.478. The van der Waals surface area contributed by atoms with Gasteiger partial charge in [0.1, 0.15) is 0 Å². The first-order valence-corrected chi connectivity index (χ1v) is 5.48. The minimum atomic E-state index is 0.172. The summed E-state index contributed by atoms with van der Waals surface area (Å²) in [7, 11) is 0. The fraction of sp³-hybridized carbons (Fsp3) is 0.400. The maximum Gasteiger partial charge on any atom is 0.0613 e. The average molecular weight is 217 g/mol. The standard InChI is InChI=1S/C15H23N/c1-8-13(4)11-16-14(12(2)3)9-10-15(5,6)7/h8-11H,1,4H2,2-3,5-7H3. The maximum absolute atomic E-state index is 4.39. The molecule has 0 fully saturated rings. The lowest BCUT2D eigenvalue weighted by Gasteiger charge is -2.11. The molecule has 0 heterocycles. The Balaban J connectivity index is 4.88. The van der Waals surface area contributed by atoms with Gasteiger partial charge >= 0.3 is 0 Å². The van der Waals surface area contributed by atoms with Gasteiger partial charge in [-0.05, 0) is 30.9 Å². The van der Waals surface area contributed by atoms with Crippen LogP contribution in [0.3, 0.4) is 0 Å². The lowest BCUT2D eigenvalue weighted by atomic mass is 9.96. The van der Waals surface area contributed by atoms with Crippen LogP contribution in [0.25, 0.3) is 0 Å². The normalized spacial score (nSPS) is 12.1. The molecule has 1 heteroatoms. The van der Waals surface area contributed by atoms with Gasteiger partial charge < -0.3 is 0 Å². The van der Waals surface area contributed by atoms with Crippen molar-refractivity contribution in [2.75, 3.05) is 0 Å². The molecule has 0 saturated carbocycles. The summed E-state index contributed by atoms with van der Waals surface area (Å²) in [5, 5.41) is 0. The molecule has 0 aromatic carbocycles. The minimum Gasteiger partial charge on any atom is -0.256 e. The first-order valence-electron chi connectivity index (χ1n) is 5.48. The average Bonchev–Trinajstić information content (AvgIpc) is 2.14. The van der Waals surface area contributed by atoms with E-state index in [0.29, 0.717) is 0 Å². The molecule has 0 aliphatic rings. The van der Waals surface area contributed by atoms with Gasteiger partial charge in [0.2, 0.25) is 0 Å². The van der Waals surface area contributed by atoms with Crippen LogP contribution < -0.4 is 0 Å². The van der Waals surface area contributed by atoms with Crippen molar-refractivity contribution in [2.24, 2.45) is 10.4 Å². The summed E-state index contributed by atoms with van der Waals surface area (Å²) in [6.45, 7) is 18.0. The van der Waals surface area contributed by atoms with Crippen LogP contribution in [0.15, 0.2) is 53.2 Å². The second-order valence-corrected chi connectivity index (χ2v) is 5.12. The lowest BCUT2D eigenvalue weighted by molar-refractivity contribution is 0.544. The fourth-order valence-corrected chi connectivity index (χ4v) is 0.873. The SMILES string of the molecule is C=CC(=C)C=NC(C=CC(C)(C)C)=C(C)C. The third-order valence-corrected chi connectivity index (χ3v) is 1.89. The van der Waals surface area contributed by atoms with E-state index in [9.17, 15) is 0 Å². The van der Waals surface area contributed by atoms with Gasteiger partial charge in [0.05, 0.1) is 5.70 Å². The second-order valence-electron chi connectivity index (χ2n) is 5.12. The van der Waals surface area contributed by atoms with Crippen molar-refractivity contribution in [1.82, 2.24) is 0 Å². The van der Waals surface area contributed by atoms with Crippen LogP contribution in [-0.2, 0) is 0 Å². The third kappa shape index (κ3) is 6.99. The summed E-state index contributed by atoms with van der Waals surface area (Å²) in [6, 6.07) is 0. The summed E-state index contributed by atoms with van der Waals surface area (Å²) in [5.74, 6) is 0. The van der Waals surface area contributed by atoms with E-state index in [1.165, 1.54) is 5.57 Å². The molecule has 0 N–H and O–H groups in total. The molecule has 0 atom stereocenters. The topological polar surface area (TPSA) is 12.4 Å². The van der Waals surface area contributed by atoms with E-state index in [0.717, 1.165) is 11.3 Å². The van der Waals surface area contributed by atoms with Crippen molar-refractivity contribution in [1.29, 1.82) is 0 Å². The van der Waals surface area contributed by atoms with Gasteiger partial charge in [-0.1, -0.05) is 51.7 Å². The molecule has 0 aromatic rings. The van der Waals surface area contributed by atoms with Crippen molar-refractivity contribution in [2.45, 2.75) is 34.6 Å². The summed E-state index contributed by atoms with van der Waals surface area (Å²) in [6.07, 6.45) is 7.65. The van der Waals surface area contributed by atoms with E-state index in [4.69, 9.17) is 0 Å². The largest absolute Gasteiger partial charge is 0.256 e. The van der Waals surface area contributed by atoms with Gasteiger partial charge in [-0.2, -0.15) is 0 Å². The Labute approximate surface area is 100.0 Å². The molecular weight excluding hydrogens is 194 g/mol.